The summed E-state index contributed by atoms with van der Waals surface area (Å²) in [6, 6.07) is 7.99. The molecule has 3 N–H and O–H groups in total. The lowest BCUT2D eigenvalue weighted by Crippen LogP contribution is -2.15. The van der Waals surface area contributed by atoms with Crippen molar-refractivity contribution in [1.29, 1.82) is 0 Å². The van der Waals surface area contributed by atoms with E-state index in [1.807, 2.05) is 19.1 Å². The third-order valence-electron chi connectivity index (χ3n) is 2.74. The molecule has 2 aromatic rings. The molecule has 5 nitrogen and oxygen atoms in total. The van der Waals surface area contributed by atoms with E-state index in [1.165, 1.54) is 0 Å². The molecule has 0 radical (unpaired) electrons. The monoisotopic (exact) mass is 312 g/mol. The van der Waals surface area contributed by atoms with Crippen LogP contribution >= 0.6 is 0 Å². The molecule has 0 aliphatic carbocycles. The molecule has 0 unspecified atom stereocenters. The zero-order valence-electron chi connectivity index (χ0n) is 11.8. The van der Waals surface area contributed by atoms with Crippen molar-refractivity contribution in [2.45, 2.75) is 13.1 Å². The maximum Gasteiger partial charge on any atom is 0.433 e. The number of aryl methyl sites for hydroxylation is 1. The van der Waals surface area contributed by atoms with Crippen molar-refractivity contribution in [3.05, 3.63) is 41.6 Å². The van der Waals surface area contributed by atoms with Crippen LogP contribution in [0.15, 0.2) is 30.3 Å². The first kappa shape index (κ1) is 16.0. The topological polar surface area (TPSA) is 70.1 Å². The minimum atomic E-state index is -4.58. The van der Waals surface area contributed by atoms with E-state index in [1.54, 1.807) is 12.1 Å². The van der Waals surface area contributed by atoms with Crippen molar-refractivity contribution in [1.82, 2.24) is 9.97 Å². The highest BCUT2D eigenvalue weighted by molar-refractivity contribution is 5.58. The maximum atomic E-state index is 12.9. The van der Waals surface area contributed by atoms with Gasteiger partial charge in [0.1, 0.15) is 5.82 Å². The number of aromatic nitrogens is 2. The Bertz CT molecular complexity index is 629. The van der Waals surface area contributed by atoms with Gasteiger partial charge in [-0.05, 0) is 19.1 Å². The molecule has 2 rings (SSSR count). The molecule has 1 aromatic heterocycles. The summed E-state index contributed by atoms with van der Waals surface area (Å²) in [5, 5.41) is 14.1. The number of alkyl halides is 3. The predicted octanol–water partition coefficient (Wildman–Crippen LogP) is 2.95. The molecule has 0 atom stereocenters. The average molecular weight is 312 g/mol. The van der Waals surface area contributed by atoms with Crippen LogP contribution in [0, 0.1) is 6.92 Å². The number of hydrogen-bond acceptors (Lipinski definition) is 5. The Labute approximate surface area is 125 Å². The zero-order chi connectivity index (χ0) is 16.2. The number of nitrogens with zero attached hydrogens (tertiary/aromatic N) is 2. The number of hydrogen-bond donors (Lipinski definition) is 3. The highest BCUT2D eigenvalue weighted by Crippen LogP contribution is 2.30. The van der Waals surface area contributed by atoms with E-state index in [9.17, 15) is 13.2 Å². The Morgan fingerprint density at radius 3 is 2.41 bits per heavy atom. The predicted molar refractivity (Wildman–Crippen MR) is 77.1 cm³/mol. The molecule has 0 amide bonds. The summed E-state index contributed by atoms with van der Waals surface area (Å²) >= 11 is 0. The number of aliphatic hydroxyl groups excluding tert-OH is 1. The van der Waals surface area contributed by atoms with Crippen molar-refractivity contribution >= 4 is 17.5 Å². The lowest BCUT2D eigenvalue weighted by atomic mass is 10.2. The van der Waals surface area contributed by atoms with Crippen LogP contribution in [0.4, 0.5) is 30.6 Å². The van der Waals surface area contributed by atoms with Gasteiger partial charge in [-0.2, -0.15) is 18.2 Å². The molecule has 0 fully saturated rings. The second-order valence-electron chi connectivity index (χ2n) is 4.60. The normalized spacial score (nSPS) is 11.3. The summed E-state index contributed by atoms with van der Waals surface area (Å²) in [5.41, 5.74) is 0.595. The van der Waals surface area contributed by atoms with Gasteiger partial charge in [0.15, 0.2) is 5.69 Å². The Kier molecular flexibility index (Phi) is 4.81. The van der Waals surface area contributed by atoms with Crippen molar-refractivity contribution in [2.24, 2.45) is 0 Å². The van der Waals surface area contributed by atoms with Crippen LogP contribution in [0.2, 0.25) is 0 Å². The molecule has 1 heterocycles. The first-order valence-corrected chi connectivity index (χ1v) is 6.53. The molecule has 1 aromatic carbocycles. The van der Waals surface area contributed by atoms with E-state index >= 15 is 0 Å². The molecule has 0 saturated heterocycles. The molecule has 0 bridgehead atoms. The van der Waals surface area contributed by atoms with Crippen molar-refractivity contribution in [3.8, 4) is 0 Å². The third kappa shape index (κ3) is 4.32. The van der Waals surface area contributed by atoms with Crippen LogP contribution in [-0.2, 0) is 6.18 Å². The summed E-state index contributed by atoms with van der Waals surface area (Å²) in [5.74, 6) is -0.176. The minimum Gasteiger partial charge on any atom is -0.395 e. The maximum absolute atomic E-state index is 12.9. The van der Waals surface area contributed by atoms with Crippen LogP contribution in [-0.4, -0.2) is 28.2 Å². The Hall–Kier alpha value is -2.35. The van der Waals surface area contributed by atoms with Gasteiger partial charge >= 0.3 is 6.18 Å². The van der Waals surface area contributed by atoms with Gasteiger partial charge in [0.2, 0.25) is 5.95 Å². The quantitative estimate of drug-likeness (QED) is 0.792. The smallest absolute Gasteiger partial charge is 0.395 e. The van der Waals surface area contributed by atoms with Crippen LogP contribution in [0.5, 0.6) is 0 Å². The highest BCUT2D eigenvalue weighted by Gasteiger charge is 2.33. The molecule has 8 heteroatoms. The SMILES string of the molecule is Cc1ccc(Nc2cc(C(F)(F)F)nc(NCCO)n2)cc1. The first-order chi connectivity index (χ1) is 10.4. The summed E-state index contributed by atoms with van der Waals surface area (Å²) in [4.78, 5) is 7.36. The van der Waals surface area contributed by atoms with Gasteiger partial charge in [0, 0.05) is 18.3 Å². The lowest BCUT2D eigenvalue weighted by molar-refractivity contribution is -0.141. The fraction of sp³-hybridized carbons (Fsp3) is 0.286. The second kappa shape index (κ2) is 6.61. The van der Waals surface area contributed by atoms with E-state index in [0.717, 1.165) is 11.6 Å². The summed E-state index contributed by atoms with van der Waals surface area (Å²) < 4.78 is 38.6. The van der Waals surface area contributed by atoms with Gasteiger partial charge in [-0.15, -0.1) is 0 Å². The fourth-order valence-corrected chi connectivity index (χ4v) is 1.69. The molecule has 0 aliphatic heterocycles. The van der Waals surface area contributed by atoms with Gasteiger partial charge < -0.3 is 15.7 Å². The van der Waals surface area contributed by atoms with Gasteiger partial charge in [-0.1, -0.05) is 17.7 Å². The summed E-state index contributed by atoms with van der Waals surface area (Å²) in [7, 11) is 0. The molecular weight excluding hydrogens is 297 g/mol. The van der Waals surface area contributed by atoms with E-state index in [4.69, 9.17) is 5.11 Å². The Morgan fingerprint density at radius 2 is 1.82 bits per heavy atom. The minimum absolute atomic E-state index is 0.0200. The molecule has 0 aliphatic rings. The number of anilines is 3. The highest BCUT2D eigenvalue weighted by atomic mass is 19.4. The average Bonchev–Trinajstić information content (AvgIpc) is 2.46. The van der Waals surface area contributed by atoms with Crippen LogP contribution < -0.4 is 10.6 Å². The first-order valence-electron chi connectivity index (χ1n) is 6.53. The fourth-order valence-electron chi connectivity index (χ4n) is 1.69. The van der Waals surface area contributed by atoms with Crippen molar-refractivity contribution < 1.29 is 18.3 Å². The largest absolute Gasteiger partial charge is 0.433 e. The lowest BCUT2D eigenvalue weighted by Gasteiger charge is -2.12. The molecular formula is C14H15F3N4O. The van der Waals surface area contributed by atoms with Crippen LogP contribution in [0.1, 0.15) is 11.3 Å². The second-order valence-corrected chi connectivity index (χ2v) is 4.60. The Balaban J connectivity index is 2.30. The van der Waals surface area contributed by atoms with Crippen LogP contribution in [0.3, 0.4) is 0 Å². The number of nitrogens with one attached hydrogen (secondary N) is 2. The van der Waals surface area contributed by atoms with Gasteiger partial charge in [0.05, 0.1) is 6.61 Å². The summed E-state index contributed by atoms with van der Waals surface area (Å²) in [6.45, 7) is 1.73. The number of aliphatic hydroxyl groups is 1. The molecule has 0 spiro atoms. The molecule has 118 valence electrons. The number of rotatable bonds is 5. The van der Waals surface area contributed by atoms with Crippen molar-refractivity contribution in [3.63, 3.8) is 0 Å². The zero-order valence-corrected chi connectivity index (χ0v) is 11.8. The van der Waals surface area contributed by atoms with E-state index in [2.05, 4.69) is 20.6 Å². The van der Waals surface area contributed by atoms with Gasteiger partial charge in [-0.25, -0.2) is 4.98 Å². The van der Waals surface area contributed by atoms with E-state index in [0.29, 0.717) is 5.69 Å². The number of halogens is 3. The van der Waals surface area contributed by atoms with Crippen LogP contribution in [0.25, 0.3) is 0 Å². The third-order valence-corrected chi connectivity index (χ3v) is 2.74. The van der Waals surface area contributed by atoms with Gasteiger partial charge in [0.25, 0.3) is 0 Å². The standard InChI is InChI=1S/C14H15F3N4O/c1-9-2-4-10(5-3-9)19-12-8-11(14(15,16)17)20-13(21-12)18-6-7-22/h2-5,8,22H,6-7H2,1H3,(H2,18,19,20,21). The van der Waals surface area contributed by atoms with E-state index < -0.39 is 11.9 Å². The Morgan fingerprint density at radius 1 is 1.14 bits per heavy atom. The summed E-state index contributed by atoms with van der Waals surface area (Å²) in [6.07, 6.45) is -4.58. The van der Waals surface area contributed by atoms with Crippen molar-refractivity contribution in [2.75, 3.05) is 23.8 Å². The molecule has 0 saturated carbocycles. The number of benzene rings is 1. The van der Waals surface area contributed by atoms with E-state index in [-0.39, 0.29) is 24.9 Å². The molecule has 22 heavy (non-hydrogen) atoms. The van der Waals surface area contributed by atoms with Gasteiger partial charge in [-0.3, -0.25) is 0 Å².